The zero-order valence-electron chi connectivity index (χ0n) is 12.5. The highest BCUT2D eigenvalue weighted by Gasteiger charge is 2.19. The van der Waals surface area contributed by atoms with Gasteiger partial charge in [0.25, 0.3) is 0 Å². The van der Waals surface area contributed by atoms with Crippen LogP contribution >= 0.6 is 0 Å². The maximum absolute atomic E-state index is 10.4. The van der Waals surface area contributed by atoms with Gasteiger partial charge in [-0.1, -0.05) is 12.1 Å². The summed E-state index contributed by atoms with van der Waals surface area (Å²) in [6.07, 6.45) is 4.43. The molecule has 0 saturated carbocycles. The summed E-state index contributed by atoms with van der Waals surface area (Å²) in [7, 11) is 1.62. The fraction of sp³-hybridized carbons (Fsp3) is 0.375. The number of nitrogens with one attached hydrogen (secondary N) is 1. The van der Waals surface area contributed by atoms with E-state index < -0.39 is 6.10 Å². The summed E-state index contributed by atoms with van der Waals surface area (Å²) in [4.78, 5) is 8.32. The van der Waals surface area contributed by atoms with Crippen molar-refractivity contribution >= 4 is 0 Å². The molecule has 3 unspecified atom stereocenters. The van der Waals surface area contributed by atoms with Crippen molar-refractivity contribution in [3.63, 3.8) is 0 Å². The Morgan fingerprint density at radius 3 is 2.43 bits per heavy atom. The SMILES string of the molecule is COc1ccc(C(O)C(C)NC(C)c2cnccn2)cc1. The molecule has 2 rings (SSSR count). The average molecular weight is 287 g/mol. The van der Waals surface area contributed by atoms with Crippen LogP contribution < -0.4 is 10.1 Å². The van der Waals surface area contributed by atoms with Gasteiger partial charge in [-0.3, -0.25) is 9.97 Å². The van der Waals surface area contributed by atoms with E-state index in [1.54, 1.807) is 25.7 Å². The molecule has 0 aliphatic carbocycles. The molecule has 1 aromatic heterocycles. The molecule has 0 spiro atoms. The molecule has 2 N–H and O–H groups in total. The van der Waals surface area contributed by atoms with Crippen molar-refractivity contribution in [3.8, 4) is 5.75 Å². The molecule has 0 fully saturated rings. The summed E-state index contributed by atoms with van der Waals surface area (Å²) in [5, 5.41) is 13.7. The lowest BCUT2D eigenvalue weighted by Gasteiger charge is -2.24. The third kappa shape index (κ3) is 4.00. The minimum absolute atomic E-state index is 0.0154. The van der Waals surface area contributed by atoms with Crippen LogP contribution in [-0.2, 0) is 0 Å². The van der Waals surface area contributed by atoms with Gasteiger partial charge in [-0.15, -0.1) is 0 Å². The maximum atomic E-state index is 10.4. The van der Waals surface area contributed by atoms with Crippen molar-refractivity contribution in [3.05, 3.63) is 54.1 Å². The molecular formula is C16H21N3O2. The van der Waals surface area contributed by atoms with E-state index in [-0.39, 0.29) is 12.1 Å². The largest absolute Gasteiger partial charge is 0.497 e. The topological polar surface area (TPSA) is 67.3 Å². The lowest BCUT2D eigenvalue weighted by Crippen LogP contribution is -2.34. The minimum atomic E-state index is -0.602. The first kappa shape index (κ1) is 15.4. The van der Waals surface area contributed by atoms with Crippen LogP contribution in [0, 0.1) is 0 Å². The van der Waals surface area contributed by atoms with Crippen molar-refractivity contribution in [2.75, 3.05) is 7.11 Å². The fourth-order valence-corrected chi connectivity index (χ4v) is 2.19. The Balaban J connectivity index is 2.00. The average Bonchev–Trinajstić information content (AvgIpc) is 2.55. The van der Waals surface area contributed by atoms with E-state index >= 15 is 0 Å². The molecule has 0 radical (unpaired) electrons. The van der Waals surface area contributed by atoms with Crippen LogP contribution in [0.5, 0.6) is 5.75 Å². The van der Waals surface area contributed by atoms with Crippen molar-refractivity contribution < 1.29 is 9.84 Å². The van der Waals surface area contributed by atoms with Gasteiger partial charge in [-0.25, -0.2) is 0 Å². The standard InChI is InChI=1S/C16H21N3O2/c1-11(15-10-17-8-9-18-15)19-12(2)16(20)13-4-6-14(21-3)7-5-13/h4-12,16,19-20H,1-3H3. The lowest BCUT2D eigenvalue weighted by atomic mass is 10.0. The zero-order valence-corrected chi connectivity index (χ0v) is 12.5. The summed E-state index contributed by atoms with van der Waals surface area (Å²) in [5.74, 6) is 0.777. The molecule has 2 aromatic rings. The van der Waals surface area contributed by atoms with Crippen LogP contribution in [-0.4, -0.2) is 28.2 Å². The van der Waals surface area contributed by atoms with E-state index in [9.17, 15) is 5.11 Å². The molecular weight excluding hydrogens is 266 g/mol. The van der Waals surface area contributed by atoms with Crippen LogP contribution in [0.15, 0.2) is 42.9 Å². The highest BCUT2D eigenvalue weighted by Crippen LogP contribution is 2.21. The lowest BCUT2D eigenvalue weighted by molar-refractivity contribution is 0.130. The summed E-state index contributed by atoms with van der Waals surface area (Å²) in [6, 6.07) is 7.33. The molecule has 112 valence electrons. The van der Waals surface area contributed by atoms with Gasteiger partial charge in [0.2, 0.25) is 0 Å². The van der Waals surface area contributed by atoms with Gasteiger partial charge in [-0.2, -0.15) is 0 Å². The van der Waals surface area contributed by atoms with Crippen molar-refractivity contribution in [2.24, 2.45) is 0 Å². The highest BCUT2D eigenvalue weighted by molar-refractivity contribution is 5.29. The summed E-state index contributed by atoms with van der Waals surface area (Å²) in [5.41, 5.74) is 1.70. The smallest absolute Gasteiger partial charge is 0.118 e. The van der Waals surface area contributed by atoms with E-state index in [2.05, 4.69) is 15.3 Å². The minimum Gasteiger partial charge on any atom is -0.497 e. The van der Waals surface area contributed by atoms with E-state index in [1.165, 1.54) is 0 Å². The van der Waals surface area contributed by atoms with Gasteiger partial charge in [0.1, 0.15) is 5.75 Å². The summed E-state index contributed by atoms with van der Waals surface area (Å²) in [6.45, 7) is 3.95. The van der Waals surface area contributed by atoms with Crippen molar-refractivity contribution in [1.29, 1.82) is 0 Å². The normalized spacial score (nSPS) is 15.2. The molecule has 0 bridgehead atoms. The Hall–Kier alpha value is -1.98. The van der Waals surface area contributed by atoms with Gasteiger partial charge in [0.15, 0.2) is 0 Å². The van der Waals surface area contributed by atoms with Crippen LogP contribution in [0.1, 0.15) is 37.3 Å². The Bertz CT molecular complexity index is 545. The first-order chi connectivity index (χ1) is 10.1. The third-order valence-corrected chi connectivity index (χ3v) is 3.47. The van der Waals surface area contributed by atoms with Crippen LogP contribution in [0.4, 0.5) is 0 Å². The van der Waals surface area contributed by atoms with Crippen molar-refractivity contribution in [2.45, 2.75) is 32.0 Å². The van der Waals surface area contributed by atoms with Gasteiger partial charge >= 0.3 is 0 Å². The highest BCUT2D eigenvalue weighted by atomic mass is 16.5. The molecule has 0 aliphatic heterocycles. The van der Waals surface area contributed by atoms with Gasteiger partial charge in [-0.05, 0) is 31.5 Å². The Labute approximate surface area is 125 Å². The second-order valence-corrected chi connectivity index (χ2v) is 5.03. The van der Waals surface area contributed by atoms with Gasteiger partial charge in [0, 0.05) is 30.7 Å². The van der Waals surface area contributed by atoms with Crippen LogP contribution in [0.2, 0.25) is 0 Å². The molecule has 3 atom stereocenters. The number of aromatic nitrogens is 2. The van der Waals surface area contributed by atoms with E-state index in [4.69, 9.17) is 4.74 Å². The summed E-state index contributed by atoms with van der Waals surface area (Å²) < 4.78 is 5.12. The molecule has 0 aliphatic rings. The first-order valence-corrected chi connectivity index (χ1v) is 6.95. The van der Waals surface area contributed by atoms with Gasteiger partial charge in [0.05, 0.1) is 18.9 Å². The predicted octanol–water partition coefficient (Wildman–Crippen LogP) is 2.26. The first-order valence-electron chi connectivity index (χ1n) is 6.95. The molecule has 21 heavy (non-hydrogen) atoms. The van der Waals surface area contributed by atoms with E-state index in [0.29, 0.717) is 0 Å². The number of hydrogen-bond acceptors (Lipinski definition) is 5. The maximum Gasteiger partial charge on any atom is 0.118 e. The number of aliphatic hydroxyl groups is 1. The number of benzene rings is 1. The molecule has 1 aromatic carbocycles. The molecule has 5 nitrogen and oxygen atoms in total. The molecule has 1 heterocycles. The predicted molar refractivity (Wildman–Crippen MR) is 81.0 cm³/mol. The van der Waals surface area contributed by atoms with Crippen LogP contribution in [0.3, 0.4) is 0 Å². The van der Waals surface area contributed by atoms with Crippen LogP contribution in [0.25, 0.3) is 0 Å². The third-order valence-electron chi connectivity index (χ3n) is 3.47. The molecule has 0 saturated heterocycles. The van der Waals surface area contributed by atoms with E-state index in [0.717, 1.165) is 17.0 Å². The zero-order chi connectivity index (χ0) is 15.2. The molecule has 0 amide bonds. The second-order valence-electron chi connectivity index (χ2n) is 5.03. The number of methoxy groups -OCH3 is 1. The Kier molecular flexibility index (Phi) is 5.25. The quantitative estimate of drug-likeness (QED) is 0.853. The van der Waals surface area contributed by atoms with E-state index in [1.807, 2.05) is 38.1 Å². The Morgan fingerprint density at radius 2 is 1.86 bits per heavy atom. The molecule has 5 heteroatoms. The summed E-state index contributed by atoms with van der Waals surface area (Å²) >= 11 is 0. The van der Waals surface area contributed by atoms with Crippen molar-refractivity contribution in [1.82, 2.24) is 15.3 Å². The van der Waals surface area contributed by atoms with Gasteiger partial charge < -0.3 is 15.2 Å². The number of ether oxygens (including phenoxy) is 1. The number of nitrogens with zero attached hydrogens (tertiary/aromatic N) is 2. The Morgan fingerprint density at radius 1 is 1.14 bits per heavy atom. The number of rotatable bonds is 6. The fourth-order valence-electron chi connectivity index (χ4n) is 2.19. The number of aliphatic hydroxyl groups excluding tert-OH is 1. The monoisotopic (exact) mass is 287 g/mol. The second kappa shape index (κ2) is 7.15. The number of hydrogen-bond donors (Lipinski definition) is 2.